The number of nitrogens with zero attached hydrogens (tertiary/aromatic N) is 6. The number of halogens is 3. The second kappa shape index (κ2) is 14.5. The average molecular weight is 719 g/mol. The predicted octanol–water partition coefficient (Wildman–Crippen LogP) is 6.92. The minimum Gasteiger partial charge on any atom is -0.355 e. The molecule has 3 aromatic heterocycles. The second-order valence-electron chi connectivity index (χ2n) is 11.6. The Morgan fingerprint density at radius 2 is 1.76 bits per heavy atom. The maximum atomic E-state index is 12.3. The van der Waals surface area contributed by atoms with Crippen molar-refractivity contribution in [3.63, 3.8) is 0 Å². The Morgan fingerprint density at radius 3 is 2.43 bits per heavy atom. The first kappa shape index (κ1) is 34.5. The minimum atomic E-state index is -0.333. The van der Waals surface area contributed by atoms with Crippen LogP contribution in [0.5, 0.6) is 0 Å². The lowest BCUT2D eigenvalue weighted by Gasteiger charge is -2.42. The Morgan fingerprint density at radius 1 is 1.00 bits per heavy atom. The van der Waals surface area contributed by atoms with E-state index in [1.807, 2.05) is 31.2 Å². The number of hydrogen-bond donors (Lipinski definition) is 3. The highest BCUT2D eigenvalue weighted by molar-refractivity contribution is 7.99. The molecule has 1 aromatic carbocycles. The van der Waals surface area contributed by atoms with Gasteiger partial charge < -0.3 is 21.3 Å². The van der Waals surface area contributed by atoms with Crippen LogP contribution >= 0.6 is 55.3 Å². The molecule has 0 radical (unpaired) electrons. The quantitative estimate of drug-likeness (QED) is 0.164. The molecule has 2 fully saturated rings. The van der Waals surface area contributed by atoms with Crippen molar-refractivity contribution in [1.82, 2.24) is 24.9 Å². The highest BCUT2D eigenvalue weighted by Gasteiger charge is 2.50. The summed E-state index contributed by atoms with van der Waals surface area (Å²) in [6.07, 6.45) is 9.08. The highest BCUT2D eigenvalue weighted by Crippen LogP contribution is 2.46. The fraction of sp³-hybridized carbons (Fsp3) is 0.355. The third kappa shape index (κ3) is 7.20. The van der Waals surface area contributed by atoms with Crippen LogP contribution in [0.3, 0.4) is 0 Å². The summed E-state index contributed by atoms with van der Waals surface area (Å²) < 4.78 is 0. The van der Waals surface area contributed by atoms with E-state index in [0.717, 1.165) is 42.3 Å². The number of nitrogens with one attached hydrogen (secondary N) is 2. The first-order chi connectivity index (χ1) is 21.6. The van der Waals surface area contributed by atoms with Crippen LogP contribution < -0.4 is 26.6 Å². The van der Waals surface area contributed by atoms with Gasteiger partial charge in [0, 0.05) is 48.2 Å². The van der Waals surface area contributed by atoms with E-state index in [1.165, 1.54) is 23.3 Å². The fourth-order valence-electron chi connectivity index (χ4n) is 6.00. The normalized spacial score (nSPS) is 18.9. The Bertz CT molecular complexity index is 1710. The first-order valence-electron chi connectivity index (χ1n) is 14.6. The monoisotopic (exact) mass is 717 g/mol. The molecule has 4 N–H and O–H groups in total. The minimum absolute atomic E-state index is 0. The number of rotatable bonds is 8. The molecule has 242 valence electrons. The van der Waals surface area contributed by atoms with Crippen LogP contribution in [0.1, 0.15) is 26.2 Å². The van der Waals surface area contributed by atoms with Gasteiger partial charge in [0.25, 0.3) is 0 Å². The van der Waals surface area contributed by atoms with Crippen molar-refractivity contribution < 1.29 is 4.79 Å². The van der Waals surface area contributed by atoms with Crippen molar-refractivity contribution in [2.45, 2.75) is 42.1 Å². The summed E-state index contributed by atoms with van der Waals surface area (Å²) in [6.45, 7) is 7.96. The van der Waals surface area contributed by atoms with Gasteiger partial charge >= 0.3 is 0 Å². The lowest BCUT2D eigenvalue weighted by molar-refractivity contribution is -0.120. The van der Waals surface area contributed by atoms with Gasteiger partial charge in [-0.25, -0.2) is 19.9 Å². The van der Waals surface area contributed by atoms with E-state index in [2.05, 4.69) is 59.8 Å². The van der Waals surface area contributed by atoms with Gasteiger partial charge in [-0.05, 0) is 49.0 Å². The van der Waals surface area contributed by atoms with Gasteiger partial charge in [0.05, 0.1) is 23.6 Å². The third-order valence-electron chi connectivity index (χ3n) is 8.66. The summed E-state index contributed by atoms with van der Waals surface area (Å²) >= 11 is 14.6. The number of nitrogens with two attached hydrogens (primary N) is 1. The van der Waals surface area contributed by atoms with Crippen molar-refractivity contribution in [3.8, 4) is 0 Å². The van der Waals surface area contributed by atoms with Gasteiger partial charge in [-0.3, -0.25) is 4.79 Å². The number of ketones is 1. The molecule has 1 spiro atoms. The van der Waals surface area contributed by atoms with Gasteiger partial charge in [0.2, 0.25) is 5.95 Å². The van der Waals surface area contributed by atoms with Gasteiger partial charge in [-0.2, -0.15) is 4.98 Å². The zero-order valence-electron chi connectivity index (χ0n) is 25.6. The molecule has 0 unspecified atom stereocenters. The fourth-order valence-corrected chi connectivity index (χ4v) is 8.16. The Labute approximate surface area is 290 Å². The third-order valence-corrected chi connectivity index (χ3v) is 11.8. The van der Waals surface area contributed by atoms with Gasteiger partial charge in [0.15, 0.2) is 11.6 Å². The summed E-state index contributed by atoms with van der Waals surface area (Å²) in [7, 11) is -0.333. The van der Waals surface area contributed by atoms with Crippen LogP contribution in [0.25, 0.3) is 0 Å². The molecule has 46 heavy (non-hydrogen) atoms. The van der Waals surface area contributed by atoms with Crippen molar-refractivity contribution in [3.05, 3.63) is 65.2 Å². The molecule has 1 aliphatic heterocycles. The predicted molar refractivity (Wildman–Crippen MR) is 192 cm³/mol. The van der Waals surface area contributed by atoms with Crippen molar-refractivity contribution in [1.29, 1.82) is 0 Å². The number of para-hydroxylation sites is 1. The van der Waals surface area contributed by atoms with Gasteiger partial charge in [-0.1, -0.05) is 68.0 Å². The summed E-state index contributed by atoms with van der Waals surface area (Å²) in [4.78, 5) is 37.9. The molecule has 6 rings (SSSR count). The van der Waals surface area contributed by atoms with Crippen LogP contribution in [-0.4, -0.2) is 63.2 Å². The van der Waals surface area contributed by atoms with Crippen LogP contribution in [0, 0.1) is 11.3 Å². The zero-order valence-corrected chi connectivity index (χ0v) is 29.6. The smallest absolute Gasteiger partial charge is 0.230 e. The molecule has 1 saturated carbocycles. The lowest BCUT2D eigenvalue weighted by atomic mass is 9.73. The molecule has 15 heteroatoms. The van der Waals surface area contributed by atoms with Crippen LogP contribution in [-0.2, 0) is 4.79 Å². The molecule has 10 nitrogen and oxygen atoms in total. The van der Waals surface area contributed by atoms with E-state index in [9.17, 15) is 4.79 Å². The maximum absolute atomic E-state index is 12.3. The molecule has 1 saturated heterocycles. The highest BCUT2D eigenvalue weighted by atomic mass is 35.5. The van der Waals surface area contributed by atoms with E-state index >= 15 is 0 Å². The van der Waals surface area contributed by atoms with Crippen molar-refractivity contribution in [2.24, 2.45) is 17.1 Å². The SMILES string of the molecule is C[C@@H]1C(=O)CC2(CCN(c3cnc(Sc4ccnc(Nc5ncc(Cl)c(Nc6ccccc6P(C)C)n5)c4Cl)cn3)CC2)[C@H]1N.Cl. The number of anilines is 5. The standard InChI is InChI=1S/C31H34Cl2N9OPS.ClH/c1-18-21(43)14-31(27(18)34)9-12-42(13-10-31)24-16-37-25(17-36-24)45-23-8-11-35-29(26(23)33)41-30-38-15-19(32)28(40-30)39-20-6-4-5-7-22(20)44(2)3;/h4-8,11,15-18,27H,9-10,12-14,34H2,1-3H3,(H2,35,38,39,40,41);1H/t18-,27+;/m1./s1. The lowest BCUT2D eigenvalue weighted by Crippen LogP contribution is -2.48. The number of pyridine rings is 1. The van der Waals surface area contributed by atoms with Crippen molar-refractivity contribution in [2.75, 3.05) is 42.0 Å². The Hall–Kier alpha value is -2.79. The Balaban J connectivity index is 0.00000417. The number of aromatic nitrogens is 5. The molecule has 2 atom stereocenters. The number of Topliss-reactive ketones (excluding diaryl/α,β-unsaturated/α-hetero) is 1. The van der Waals surface area contributed by atoms with Gasteiger partial charge in [0.1, 0.15) is 21.6 Å². The molecular formula is C31H35Cl3N9OPS. The van der Waals surface area contributed by atoms with E-state index in [0.29, 0.717) is 39.1 Å². The summed E-state index contributed by atoms with van der Waals surface area (Å²) in [5.74, 6) is 2.23. The molecule has 2 aliphatic rings. The number of carbonyl (C=O) groups is 1. The molecule has 0 bridgehead atoms. The van der Waals surface area contributed by atoms with E-state index in [4.69, 9.17) is 28.9 Å². The zero-order chi connectivity index (χ0) is 31.7. The topological polar surface area (TPSA) is 135 Å². The summed E-state index contributed by atoms with van der Waals surface area (Å²) in [6, 6.07) is 9.87. The maximum Gasteiger partial charge on any atom is 0.230 e. The number of hydrogen-bond acceptors (Lipinski definition) is 11. The second-order valence-corrected chi connectivity index (χ2v) is 15.8. The van der Waals surface area contributed by atoms with E-state index in [-0.39, 0.29) is 43.5 Å². The molecule has 4 heterocycles. The first-order valence-corrected chi connectivity index (χ1v) is 18.4. The molecular weight excluding hydrogens is 684 g/mol. The van der Waals surface area contributed by atoms with E-state index < -0.39 is 0 Å². The van der Waals surface area contributed by atoms with Crippen molar-refractivity contribution >= 4 is 95.5 Å². The van der Waals surface area contributed by atoms with Crippen LogP contribution in [0.15, 0.2) is 65.0 Å². The Kier molecular flexibility index (Phi) is 10.9. The number of carbonyl (C=O) groups excluding carboxylic acids is 1. The molecule has 4 aromatic rings. The number of benzene rings is 1. The molecule has 1 aliphatic carbocycles. The number of piperidine rings is 1. The van der Waals surface area contributed by atoms with E-state index in [1.54, 1.807) is 18.6 Å². The van der Waals surface area contributed by atoms with Crippen LogP contribution in [0.4, 0.5) is 29.1 Å². The summed E-state index contributed by atoms with van der Waals surface area (Å²) in [5.41, 5.74) is 7.34. The van der Waals surface area contributed by atoms with Gasteiger partial charge in [-0.15, -0.1) is 12.4 Å². The largest absolute Gasteiger partial charge is 0.355 e. The molecule has 0 amide bonds. The summed E-state index contributed by atoms with van der Waals surface area (Å²) in [5, 5.41) is 9.19. The van der Waals surface area contributed by atoms with Crippen LogP contribution in [0.2, 0.25) is 10.0 Å². The average Bonchev–Trinajstić information content (AvgIpc) is 3.24.